The molecule has 0 unspecified atom stereocenters. The Morgan fingerprint density at radius 2 is 2.16 bits per heavy atom. The minimum absolute atomic E-state index is 0.139. The zero-order valence-electron chi connectivity index (χ0n) is 10.1. The van der Waals surface area contributed by atoms with E-state index in [1.54, 1.807) is 0 Å². The molecule has 0 spiro atoms. The van der Waals surface area contributed by atoms with Gasteiger partial charge >= 0.3 is 0 Å². The number of fused-ring (bicyclic) bond motifs is 1. The van der Waals surface area contributed by atoms with Crippen molar-refractivity contribution in [1.29, 1.82) is 0 Å². The molecule has 98 valence electrons. The highest BCUT2D eigenvalue weighted by Gasteiger charge is 2.14. The Balaban J connectivity index is 0.000000224. The van der Waals surface area contributed by atoms with E-state index in [0.29, 0.717) is 0 Å². The summed E-state index contributed by atoms with van der Waals surface area (Å²) < 4.78 is 0. The molecule has 1 aliphatic rings. The molecule has 0 aliphatic carbocycles. The smallest absolute Gasteiger partial charge is 0.295 e. The molecule has 7 heteroatoms. The van der Waals surface area contributed by atoms with Gasteiger partial charge in [0.15, 0.2) is 5.52 Å². The predicted molar refractivity (Wildman–Crippen MR) is 70.5 cm³/mol. The molecule has 0 saturated carbocycles. The fourth-order valence-electron chi connectivity index (χ4n) is 1.66. The Morgan fingerprint density at radius 3 is 2.74 bits per heavy atom. The van der Waals surface area contributed by atoms with E-state index in [0.717, 1.165) is 12.9 Å². The van der Waals surface area contributed by atoms with Crippen LogP contribution in [0.15, 0.2) is 29.5 Å². The molecule has 0 atom stereocenters. The van der Waals surface area contributed by atoms with Gasteiger partial charge in [-0.15, -0.1) is 0 Å². The lowest BCUT2D eigenvalue weighted by atomic mass is 10.2. The third kappa shape index (κ3) is 3.01. The lowest BCUT2D eigenvalue weighted by Gasteiger charge is -1.98. The summed E-state index contributed by atoms with van der Waals surface area (Å²) in [7, 11) is 0. The van der Waals surface area contributed by atoms with Crippen LogP contribution in [0.5, 0.6) is 5.88 Å². The minimum atomic E-state index is -0.547. The average Bonchev–Trinajstić information content (AvgIpc) is 2.97. The average molecular weight is 260 g/mol. The first-order valence-corrected chi connectivity index (χ1v) is 5.75. The third-order valence-electron chi connectivity index (χ3n) is 2.57. The second kappa shape index (κ2) is 5.85. The van der Waals surface area contributed by atoms with Crippen LogP contribution in [-0.4, -0.2) is 32.8 Å². The molecular weight excluding hydrogens is 248 g/mol. The van der Waals surface area contributed by atoms with E-state index in [1.807, 2.05) is 6.21 Å². The Morgan fingerprint density at radius 1 is 1.32 bits per heavy atom. The fraction of sp³-hybridized carbons (Fsp3) is 0.250. The molecular formula is C12H12N4O3. The van der Waals surface area contributed by atoms with Crippen LogP contribution >= 0.6 is 0 Å². The molecule has 19 heavy (non-hydrogen) atoms. The van der Waals surface area contributed by atoms with Gasteiger partial charge in [0, 0.05) is 12.6 Å². The number of nitro groups is 1. The van der Waals surface area contributed by atoms with Gasteiger partial charge in [-0.25, -0.2) is 9.97 Å². The molecule has 7 nitrogen and oxygen atoms in total. The summed E-state index contributed by atoms with van der Waals surface area (Å²) in [5, 5.41) is 20.2. The Labute approximate surface area is 108 Å². The highest BCUT2D eigenvalue weighted by Crippen LogP contribution is 2.27. The maximum absolute atomic E-state index is 10.6. The summed E-state index contributed by atoms with van der Waals surface area (Å²) in [6.45, 7) is 1.07. The van der Waals surface area contributed by atoms with Crippen molar-refractivity contribution in [3.63, 3.8) is 0 Å². The summed E-state index contributed by atoms with van der Waals surface area (Å²) in [4.78, 5) is 21.3. The van der Waals surface area contributed by atoms with Crippen molar-refractivity contribution in [2.24, 2.45) is 4.99 Å². The quantitative estimate of drug-likeness (QED) is 0.624. The molecule has 0 bridgehead atoms. The van der Waals surface area contributed by atoms with Gasteiger partial charge in [0.2, 0.25) is 5.88 Å². The van der Waals surface area contributed by atoms with Crippen LogP contribution in [0, 0.1) is 10.1 Å². The number of aliphatic imine (C=N–C) groups is 1. The number of nitro benzene ring substituents is 1. The highest BCUT2D eigenvalue weighted by atomic mass is 16.6. The van der Waals surface area contributed by atoms with Gasteiger partial charge in [0.05, 0.1) is 10.3 Å². The number of rotatable bonds is 1. The normalized spacial score (nSPS) is 13.1. The molecule has 2 heterocycles. The van der Waals surface area contributed by atoms with Gasteiger partial charge in [-0.3, -0.25) is 15.1 Å². The SMILES string of the molecule is C1=NCCC1.O=[N+]([O-])c1cccc2c(O)ncnc12. The predicted octanol–water partition coefficient (Wildman–Crippen LogP) is 2.09. The molecule has 3 rings (SSSR count). The van der Waals surface area contributed by atoms with Crippen molar-refractivity contribution in [2.45, 2.75) is 12.8 Å². The van der Waals surface area contributed by atoms with Crippen LogP contribution in [0.1, 0.15) is 12.8 Å². The van der Waals surface area contributed by atoms with Crippen LogP contribution in [0.25, 0.3) is 10.9 Å². The Bertz CT molecular complexity index is 621. The van der Waals surface area contributed by atoms with E-state index in [9.17, 15) is 15.2 Å². The summed E-state index contributed by atoms with van der Waals surface area (Å²) in [5.74, 6) is -0.251. The van der Waals surface area contributed by atoms with Crippen molar-refractivity contribution >= 4 is 22.8 Å². The summed E-state index contributed by atoms with van der Waals surface area (Å²) in [6, 6.07) is 4.33. The number of non-ortho nitro benzene ring substituents is 1. The van der Waals surface area contributed by atoms with Gasteiger partial charge in [-0.05, 0) is 25.1 Å². The summed E-state index contributed by atoms with van der Waals surface area (Å²) >= 11 is 0. The molecule has 0 fully saturated rings. The van der Waals surface area contributed by atoms with Crippen molar-refractivity contribution < 1.29 is 10.0 Å². The van der Waals surface area contributed by atoms with E-state index in [-0.39, 0.29) is 22.5 Å². The van der Waals surface area contributed by atoms with Gasteiger partial charge < -0.3 is 5.11 Å². The Kier molecular flexibility index (Phi) is 3.97. The maximum atomic E-state index is 10.6. The molecule has 1 aromatic heterocycles. The van der Waals surface area contributed by atoms with Crippen LogP contribution in [0.3, 0.4) is 0 Å². The van der Waals surface area contributed by atoms with Crippen molar-refractivity contribution in [3.05, 3.63) is 34.6 Å². The topological polar surface area (TPSA) is 102 Å². The second-order valence-corrected chi connectivity index (χ2v) is 3.86. The first-order chi connectivity index (χ1) is 9.20. The van der Waals surface area contributed by atoms with Gasteiger partial charge in [0.25, 0.3) is 5.69 Å². The van der Waals surface area contributed by atoms with E-state index in [1.165, 1.54) is 31.0 Å². The standard InChI is InChI=1S/C8H5N3O3.C4H7N/c12-8-5-2-1-3-6(11(13)14)7(5)9-4-10-8;1-2-4-5-3-1/h1-4H,(H,9,10,12);3H,1-2,4H2. The van der Waals surface area contributed by atoms with E-state index < -0.39 is 4.92 Å². The Hall–Kier alpha value is -2.57. The lowest BCUT2D eigenvalue weighted by Crippen LogP contribution is -1.92. The first-order valence-electron chi connectivity index (χ1n) is 5.75. The van der Waals surface area contributed by atoms with Crippen LogP contribution in [0.2, 0.25) is 0 Å². The largest absolute Gasteiger partial charge is 0.493 e. The molecule has 0 saturated heterocycles. The van der Waals surface area contributed by atoms with Crippen LogP contribution in [0.4, 0.5) is 5.69 Å². The second-order valence-electron chi connectivity index (χ2n) is 3.86. The summed E-state index contributed by atoms with van der Waals surface area (Å²) in [6.07, 6.45) is 5.56. The van der Waals surface area contributed by atoms with Gasteiger partial charge in [-0.2, -0.15) is 0 Å². The zero-order chi connectivity index (χ0) is 13.7. The van der Waals surface area contributed by atoms with Crippen molar-refractivity contribution in [2.75, 3.05) is 6.54 Å². The molecule has 0 amide bonds. The summed E-state index contributed by atoms with van der Waals surface area (Å²) in [5.41, 5.74) is 0.00481. The van der Waals surface area contributed by atoms with Crippen molar-refractivity contribution in [1.82, 2.24) is 9.97 Å². The number of benzene rings is 1. The van der Waals surface area contributed by atoms with E-state index >= 15 is 0 Å². The number of nitrogens with zero attached hydrogens (tertiary/aromatic N) is 4. The van der Waals surface area contributed by atoms with Gasteiger partial charge in [-0.1, -0.05) is 6.07 Å². The molecule has 1 aliphatic heterocycles. The van der Waals surface area contributed by atoms with Crippen LogP contribution in [-0.2, 0) is 0 Å². The minimum Gasteiger partial charge on any atom is -0.493 e. The lowest BCUT2D eigenvalue weighted by molar-refractivity contribution is -0.383. The molecule has 0 radical (unpaired) electrons. The number of hydrogen-bond donors (Lipinski definition) is 1. The first kappa shape index (κ1) is 12.9. The molecule has 1 N–H and O–H groups in total. The third-order valence-corrected chi connectivity index (χ3v) is 2.57. The van der Waals surface area contributed by atoms with Crippen molar-refractivity contribution in [3.8, 4) is 5.88 Å². The van der Waals surface area contributed by atoms with E-state index in [2.05, 4.69) is 15.0 Å². The number of para-hydroxylation sites is 1. The maximum Gasteiger partial charge on any atom is 0.295 e. The number of aromatic hydroxyl groups is 1. The fourth-order valence-corrected chi connectivity index (χ4v) is 1.66. The monoisotopic (exact) mass is 260 g/mol. The molecule has 2 aromatic rings. The highest BCUT2D eigenvalue weighted by molar-refractivity contribution is 5.90. The van der Waals surface area contributed by atoms with Crippen LogP contribution < -0.4 is 0 Å². The number of hydrogen-bond acceptors (Lipinski definition) is 6. The van der Waals surface area contributed by atoms with E-state index in [4.69, 9.17) is 0 Å². The number of aromatic nitrogens is 2. The zero-order valence-corrected chi connectivity index (χ0v) is 10.1. The van der Waals surface area contributed by atoms with Gasteiger partial charge in [0.1, 0.15) is 6.33 Å². The molecule has 1 aromatic carbocycles.